The molecule has 17 heavy (non-hydrogen) atoms. The monoisotopic (exact) mass is 231 g/mol. The lowest BCUT2D eigenvalue weighted by molar-refractivity contribution is 0.259. The van der Waals surface area contributed by atoms with Gasteiger partial charge in [-0.3, -0.25) is 0 Å². The van der Waals surface area contributed by atoms with Crippen molar-refractivity contribution in [3.05, 3.63) is 48.8 Å². The van der Waals surface area contributed by atoms with Gasteiger partial charge in [0.25, 0.3) is 0 Å². The summed E-state index contributed by atoms with van der Waals surface area (Å²) in [6.45, 7) is 3.89. The van der Waals surface area contributed by atoms with Gasteiger partial charge in [-0.25, -0.2) is 4.79 Å². The van der Waals surface area contributed by atoms with E-state index in [4.69, 9.17) is 5.73 Å². The van der Waals surface area contributed by atoms with Crippen molar-refractivity contribution in [3.8, 4) is 0 Å². The number of urea groups is 1. The third kappa shape index (κ3) is 4.03. The third-order valence-corrected chi connectivity index (χ3v) is 2.03. The van der Waals surface area contributed by atoms with E-state index in [9.17, 15) is 4.79 Å². The minimum atomic E-state index is -0.564. The molecule has 1 aromatic carbocycles. The molecule has 2 amide bonds. The zero-order chi connectivity index (χ0) is 12.7. The summed E-state index contributed by atoms with van der Waals surface area (Å²) < 4.78 is 0. The van der Waals surface area contributed by atoms with Crippen LogP contribution in [0.2, 0.25) is 0 Å². The van der Waals surface area contributed by atoms with Gasteiger partial charge in [-0.15, -0.1) is 0 Å². The van der Waals surface area contributed by atoms with Crippen LogP contribution in [0.25, 0.3) is 0 Å². The van der Waals surface area contributed by atoms with Crippen LogP contribution in [-0.4, -0.2) is 6.03 Å². The highest BCUT2D eigenvalue weighted by Gasteiger charge is 2.01. The van der Waals surface area contributed by atoms with E-state index < -0.39 is 6.03 Å². The Morgan fingerprint density at radius 2 is 1.94 bits per heavy atom. The number of allylic oxidation sites excluding steroid dienone is 2. The van der Waals surface area contributed by atoms with E-state index >= 15 is 0 Å². The summed E-state index contributed by atoms with van der Waals surface area (Å²) in [4.78, 5) is 12.7. The largest absolute Gasteiger partial charge is 0.351 e. The van der Waals surface area contributed by atoms with E-state index in [1.54, 1.807) is 6.07 Å². The lowest BCUT2D eigenvalue weighted by Gasteiger charge is -2.16. The quantitative estimate of drug-likeness (QED) is 0.836. The normalized spacial score (nSPS) is 10.9. The summed E-state index contributed by atoms with van der Waals surface area (Å²) in [5, 5.41) is 2.55. The molecular weight excluding hydrogens is 214 g/mol. The molecule has 0 fully saturated rings. The molecule has 0 aromatic heterocycles. The lowest BCUT2D eigenvalue weighted by Crippen LogP contribution is -2.19. The van der Waals surface area contributed by atoms with Gasteiger partial charge in [0.2, 0.25) is 0 Å². The van der Waals surface area contributed by atoms with Gasteiger partial charge in [0.1, 0.15) is 0 Å². The summed E-state index contributed by atoms with van der Waals surface area (Å²) in [7, 11) is 0. The molecule has 0 aliphatic heterocycles. The molecule has 0 aliphatic rings. The van der Waals surface area contributed by atoms with E-state index in [0.29, 0.717) is 5.69 Å². The first kappa shape index (κ1) is 12.8. The first-order valence-electron chi connectivity index (χ1n) is 5.38. The lowest BCUT2D eigenvalue weighted by atomic mass is 10.2. The zero-order valence-electron chi connectivity index (χ0n) is 10.1. The molecule has 1 aromatic rings. The number of benzene rings is 1. The van der Waals surface area contributed by atoms with Crippen molar-refractivity contribution in [2.24, 2.45) is 5.73 Å². The molecule has 0 unspecified atom stereocenters. The Morgan fingerprint density at radius 3 is 2.47 bits per heavy atom. The van der Waals surface area contributed by atoms with Gasteiger partial charge < -0.3 is 16.0 Å². The Morgan fingerprint density at radius 1 is 1.29 bits per heavy atom. The Bertz CT molecular complexity index is 426. The van der Waals surface area contributed by atoms with Crippen LogP contribution >= 0.6 is 0 Å². The Labute approximate surface area is 101 Å². The summed E-state index contributed by atoms with van der Waals surface area (Å²) in [5.41, 5.74) is 6.70. The minimum absolute atomic E-state index is 0.564. The van der Waals surface area contributed by atoms with Gasteiger partial charge in [-0.1, -0.05) is 18.2 Å². The van der Waals surface area contributed by atoms with E-state index in [2.05, 4.69) is 5.32 Å². The molecule has 0 aliphatic carbocycles. The molecule has 0 spiro atoms. The van der Waals surface area contributed by atoms with Crippen LogP contribution in [0, 0.1) is 0 Å². The number of hydrogen-bond acceptors (Lipinski definition) is 2. The fourth-order valence-electron chi connectivity index (χ4n) is 1.43. The number of carbonyl (C=O) groups is 1. The summed E-state index contributed by atoms with van der Waals surface area (Å²) in [6, 6.07) is 6.89. The molecule has 0 radical (unpaired) electrons. The van der Waals surface area contributed by atoms with Crippen LogP contribution < -0.4 is 16.0 Å². The van der Waals surface area contributed by atoms with Crippen LogP contribution in [0.1, 0.15) is 13.8 Å². The molecule has 90 valence electrons. The van der Waals surface area contributed by atoms with Crippen LogP contribution in [0.15, 0.2) is 48.8 Å². The number of anilines is 2. The fraction of sp³-hybridized carbons (Fsp3) is 0.154. The van der Waals surface area contributed by atoms with Gasteiger partial charge in [0, 0.05) is 23.8 Å². The van der Waals surface area contributed by atoms with E-state index in [1.807, 2.05) is 61.5 Å². The first-order valence-corrected chi connectivity index (χ1v) is 5.38. The molecule has 4 nitrogen and oxygen atoms in total. The highest BCUT2D eigenvalue weighted by Crippen LogP contribution is 2.20. The van der Waals surface area contributed by atoms with E-state index in [0.717, 1.165) is 5.69 Å². The van der Waals surface area contributed by atoms with Crippen molar-refractivity contribution < 1.29 is 4.79 Å². The fourth-order valence-corrected chi connectivity index (χ4v) is 1.43. The van der Waals surface area contributed by atoms with Crippen molar-refractivity contribution in [1.82, 2.24) is 0 Å². The SMILES string of the molecule is C/C=C\N(/C=C\C)c1cccc(NC(N)=O)c1. The standard InChI is InChI=1S/C13H17N3O/c1-3-8-16(9-4-2)12-7-5-6-11(10-12)15-13(14)17/h3-10H,1-2H3,(H3,14,15,17)/b8-3-,9-4-. The molecule has 4 heteroatoms. The summed E-state index contributed by atoms with van der Waals surface area (Å²) >= 11 is 0. The molecule has 1 rings (SSSR count). The Kier molecular flexibility index (Phi) is 4.81. The van der Waals surface area contributed by atoms with Crippen molar-refractivity contribution in [2.45, 2.75) is 13.8 Å². The third-order valence-electron chi connectivity index (χ3n) is 2.03. The predicted octanol–water partition coefficient (Wildman–Crippen LogP) is 3.05. The van der Waals surface area contributed by atoms with Gasteiger partial charge in [-0.05, 0) is 32.0 Å². The average molecular weight is 231 g/mol. The Balaban J connectivity index is 2.99. The van der Waals surface area contributed by atoms with Crippen molar-refractivity contribution in [3.63, 3.8) is 0 Å². The number of primary amides is 1. The van der Waals surface area contributed by atoms with Crippen molar-refractivity contribution in [2.75, 3.05) is 10.2 Å². The predicted molar refractivity (Wildman–Crippen MR) is 71.8 cm³/mol. The molecule has 0 bridgehead atoms. The maximum Gasteiger partial charge on any atom is 0.316 e. The van der Waals surface area contributed by atoms with Crippen molar-refractivity contribution in [1.29, 1.82) is 0 Å². The average Bonchev–Trinajstić information content (AvgIpc) is 2.28. The van der Waals surface area contributed by atoms with Crippen LogP contribution in [-0.2, 0) is 0 Å². The number of hydrogen-bond donors (Lipinski definition) is 2. The zero-order valence-corrected chi connectivity index (χ0v) is 10.1. The van der Waals surface area contributed by atoms with E-state index in [-0.39, 0.29) is 0 Å². The Hall–Kier alpha value is -2.23. The molecule has 0 saturated carbocycles. The highest BCUT2D eigenvalue weighted by atomic mass is 16.2. The first-order chi connectivity index (χ1) is 8.17. The van der Waals surface area contributed by atoms with Gasteiger partial charge in [0.05, 0.1) is 0 Å². The van der Waals surface area contributed by atoms with Gasteiger partial charge in [-0.2, -0.15) is 0 Å². The van der Waals surface area contributed by atoms with E-state index in [1.165, 1.54) is 0 Å². The second kappa shape index (κ2) is 6.37. The molecule has 0 atom stereocenters. The molecule has 0 heterocycles. The number of carbonyl (C=O) groups excluding carboxylic acids is 1. The second-order valence-electron chi connectivity index (χ2n) is 3.41. The van der Waals surface area contributed by atoms with Crippen LogP contribution in [0.4, 0.5) is 16.2 Å². The molecule has 3 N–H and O–H groups in total. The number of nitrogens with zero attached hydrogens (tertiary/aromatic N) is 1. The number of nitrogens with two attached hydrogens (primary N) is 1. The van der Waals surface area contributed by atoms with Crippen molar-refractivity contribution >= 4 is 17.4 Å². The molecule has 0 saturated heterocycles. The minimum Gasteiger partial charge on any atom is -0.351 e. The highest BCUT2D eigenvalue weighted by molar-refractivity contribution is 5.88. The van der Waals surface area contributed by atoms with Gasteiger partial charge >= 0.3 is 6.03 Å². The topological polar surface area (TPSA) is 58.4 Å². The summed E-state index contributed by atoms with van der Waals surface area (Å²) in [6.07, 6.45) is 7.75. The second-order valence-corrected chi connectivity index (χ2v) is 3.41. The maximum absolute atomic E-state index is 10.8. The smallest absolute Gasteiger partial charge is 0.316 e. The summed E-state index contributed by atoms with van der Waals surface area (Å²) in [5.74, 6) is 0. The molecular formula is C13H17N3O. The maximum atomic E-state index is 10.8. The van der Waals surface area contributed by atoms with Gasteiger partial charge in [0.15, 0.2) is 0 Å². The number of nitrogens with one attached hydrogen (secondary N) is 1. The van der Waals surface area contributed by atoms with Crippen LogP contribution in [0.3, 0.4) is 0 Å². The number of rotatable bonds is 4. The number of amides is 2. The van der Waals surface area contributed by atoms with Crippen LogP contribution in [0.5, 0.6) is 0 Å².